The Balaban J connectivity index is 1.52. The molecule has 1 aromatic carbocycles. The van der Waals surface area contributed by atoms with Gasteiger partial charge in [0.1, 0.15) is 12.4 Å². The van der Waals surface area contributed by atoms with Crippen LogP contribution in [0.4, 0.5) is 0 Å². The van der Waals surface area contributed by atoms with E-state index in [1.165, 1.54) is 37.8 Å². The van der Waals surface area contributed by atoms with E-state index in [1.54, 1.807) is 0 Å². The molecule has 2 atom stereocenters. The second-order valence-corrected chi connectivity index (χ2v) is 7.52. The lowest BCUT2D eigenvalue weighted by Gasteiger charge is -2.38. The predicted octanol–water partition coefficient (Wildman–Crippen LogP) is 2.73. The average molecular weight is 332 g/mol. The third-order valence-electron chi connectivity index (χ3n) is 5.60. The molecule has 0 amide bonds. The summed E-state index contributed by atoms with van der Waals surface area (Å²) >= 11 is 0. The lowest BCUT2D eigenvalue weighted by molar-refractivity contribution is 0.123. The zero-order valence-corrected chi connectivity index (χ0v) is 15.5. The zero-order chi connectivity index (χ0) is 16.9. The molecule has 2 saturated heterocycles. The van der Waals surface area contributed by atoms with E-state index in [4.69, 9.17) is 4.74 Å². The molecule has 2 unspecified atom stereocenters. The van der Waals surface area contributed by atoms with Gasteiger partial charge >= 0.3 is 0 Å². The Bertz CT molecular complexity index is 505. The van der Waals surface area contributed by atoms with Crippen molar-refractivity contribution >= 4 is 0 Å². The van der Waals surface area contributed by atoms with Crippen LogP contribution < -0.4 is 10.1 Å². The van der Waals surface area contributed by atoms with E-state index in [-0.39, 0.29) is 0 Å². The standard InChI is InChI=1S/C20H33N3O/c1-4-23-18-9-10-19(23)14-17(13-18)21-15-16-7-5-6-8-20(16)24-12-11-22(2)3/h5-8,17-19,21H,4,9-15H2,1-3H3. The van der Waals surface area contributed by atoms with Crippen LogP contribution in [0.3, 0.4) is 0 Å². The van der Waals surface area contributed by atoms with Crippen LogP contribution in [0.1, 0.15) is 38.2 Å². The van der Waals surface area contributed by atoms with Gasteiger partial charge in [0.15, 0.2) is 0 Å². The highest BCUT2D eigenvalue weighted by Crippen LogP contribution is 2.35. The molecule has 0 aromatic heterocycles. The summed E-state index contributed by atoms with van der Waals surface area (Å²) in [5, 5.41) is 3.81. The van der Waals surface area contributed by atoms with Gasteiger partial charge in [0.2, 0.25) is 0 Å². The van der Waals surface area contributed by atoms with Gasteiger partial charge in [-0.25, -0.2) is 0 Å². The van der Waals surface area contributed by atoms with Crippen LogP contribution in [0.15, 0.2) is 24.3 Å². The van der Waals surface area contributed by atoms with Crippen LogP contribution in [0.25, 0.3) is 0 Å². The molecule has 2 aliphatic rings. The Morgan fingerprint density at radius 3 is 2.54 bits per heavy atom. The molecule has 0 radical (unpaired) electrons. The number of hydrogen-bond acceptors (Lipinski definition) is 4. The van der Waals surface area contributed by atoms with Gasteiger partial charge in [-0.3, -0.25) is 4.90 Å². The SMILES string of the molecule is CCN1C2CCC1CC(NCc1ccccc1OCCN(C)C)C2. The Morgan fingerprint density at radius 2 is 1.88 bits per heavy atom. The summed E-state index contributed by atoms with van der Waals surface area (Å²) in [5.41, 5.74) is 1.28. The summed E-state index contributed by atoms with van der Waals surface area (Å²) in [4.78, 5) is 4.87. The Labute approximate surface area is 147 Å². The number of rotatable bonds is 8. The molecule has 0 spiro atoms. The molecule has 1 aromatic rings. The molecular weight excluding hydrogens is 298 g/mol. The first kappa shape index (κ1) is 17.7. The van der Waals surface area contributed by atoms with Gasteiger partial charge in [-0.2, -0.15) is 0 Å². The van der Waals surface area contributed by atoms with E-state index in [2.05, 4.69) is 60.4 Å². The molecule has 2 aliphatic heterocycles. The summed E-state index contributed by atoms with van der Waals surface area (Å²) < 4.78 is 5.99. The molecule has 0 aliphatic carbocycles. The molecule has 134 valence electrons. The third-order valence-corrected chi connectivity index (χ3v) is 5.60. The maximum atomic E-state index is 5.99. The first-order valence-electron chi connectivity index (χ1n) is 9.52. The van der Waals surface area contributed by atoms with Crippen LogP contribution in [0.2, 0.25) is 0 Å². The van der Waals surface area contributed by atoms with Crippen LogP contribution >= 0.6 is 0 Å². The molecule has 24 heavy (non-hydrogen) atoms. The Hall–Kier alpha value is -1.10. The second kappa shape index (κ2) is 8.32. The summed E-state index contributed by atoms with van der Waals surface area (Å²) in [6, 6.07) is 10.7. The Kier molecular flexibility index (Phi) is 6.14. The van der Waals surface area contributed by atoms with Crippen molar-refractivity contribution in [3.05, 3.63) is 29.8 Å². The van der Waals surface area contributed by atoms with Crippen molar-refractivity contribution in [1.82, 2.24) is 15.1 Å². The van der Waals surface area contributed by atoms with Crippen molar-refractivity contribution in [2.24, 2.45) is 0 Å². The lowest BCUT2D eigenvalue weighted by Crippen LogP contribution is -2.48. The quantitative estimate of drug-likeness (QED) is 0.793. The van der Waals surface area contributed by atoms with Gasteiger partial charge < -0.3 is 15.0 Å². The van der Waals surface area contributed by atoms with Crippen LogP contribution in [0.5, 0.6) is 5.75 Å². The summed E-state index contributed by atoms with van der Waals surface area (Å²) in [5.74, 6) is 1.03. The fraction of sp³-hybridized carbons (Fsp3) is 0.700. The van der Waals surface area contributed by atoms with Gasteiger partial charge in [-0.05, 0) is 52.4 Å². The lowest BCUT2D eigenvalue weighted by atomic mass is 9.97. The molecule has 3 rings (SSSR count). The van der Waals surface area contributed by atoms with Gasteiger partial charge in [-0.15, -0.1) is 0 Å². The van der Waals surface area contributed by atoms with Crippen molar-refractivity contribution in [2.75, 3.05) is 33.8 Å². The van der Waals surface area contributed by atoms with Crippen molar-refractivity contribution in [3.8, 4) is 5.75 Å². The molecule has 4 heteroatoms. The van der Waals surface area contributed by atoms with Crippen LogP contribution in [0, 0.1) is 0 Å². The maximum Gasteiger partial charge on any atom is 0.123 e. The van der Waals surface area contributed by atoms with Crippen molar-refractivity contribution in [3.63, 3.8) is 0 Å². The first-order chi connectivity index (χ1) is 11.7. The van der Waals surface area contributed by atoms with E-state index in [0.29, 0.717) is 6.04 Å². The number of nitrogens with zero attached hydrogens (tertiary/aromatic N) is 2. The highest BCUT2D eigenvalue weighted by molar-refractivity contribution is 5.33. The molecule has 1 N–H and O–H groups in total. The summed E-state index contributed by atoms with van der Waals surface area (Å²) in [6.07, 6.45) is 5.38. The van der Waals surface area contributed by atoms with Crippen LogP contribution in [-0.4, -0.2) is 61.7 Å². The van der Waals surface area contributed by atoms with E-state index < -0.39 is 0 Å². The number of nitrogens with one attached hydrogen (secondary N) is 1. The fourth-order valence-corrected chi connectivity index (χ4v) is 4.34. The molecular formula is C20H33N3O. The van der Waals surface area contributed by atoms with Crippen molar-refractivity contribution in [2.45, 2.75) is 57.3 Å². The predicted molar refractivity (Wildman–Crippen MR) is 99.5 cm³/mol. The number of benzene rings is 1. The molecule has 2 fully saturated rings. The number of likely N-dealkylation sites (N-methyl/N-ethyl adjacent to an activating group) is 1. The molecule has 0 saturated carbocycles. The van der Waals surface area contributed by atoms with E-state index in [9.17, 15) is 0 Å². The monoisotopic (exact) mass is 331 g/mol. The highest BCUT2D eigenvalue weighted by Gasteiger charge is 2.39. The van der Waals surface area contributed by atoms with Gasteiger partial charge in [-0.1, -0.05) is 25.1 Å². The molecule has 2 bridgehead atoms. The second-order valence-electron chi connectivity index (χ2n) is 7.52. The van der Waals surface area contributed by atoms with Gasteiger partial charge in [0, 0.05) is 36.8 Å². The summed E-state index contributed by atoms with van der Waals surface area (Å²) in [7, 11) is 4.15. The molecule has 4 nitrogen and oxygen atoms in total. The largest absolute Gasteiger partial charge is 0.492 e. The third kappa shape index (κ3) is 4.29. The fourth-order valence-electron chi connectivity index (χ4n) is 4.34. The number of piperidine rings is 1. The minimum atomic E-state index is 0.653. The first-order valence-corrected chi connectivity index (χ1v) is 9.52. The number of ether oxygens (including phenoxy) is 1. The zero-order valence-electron chi connectivity index (χ0n) is 15.5. The van der Waals surface area contributed by atoms with Crippen LogP contribution in [-0.2, 0) is 6.54 Å². The minimum absolute atomic E-state index is 0.653. The topological polar surface area (TPSA) is 27.7 Å². The highest BCUT2D eigenvalue weighted by atomic mass is 16.5. The average Bonchev–Trinajstić information content (AvgIpc) is 2.82. The van der Waals surface area contributed by atoms with Crippen molar-refractivity contribution in [1.29, 1.82) is 0 Å². The smallest absolute Gasteiger partial charge is 0.123 e. The number of fused-ring (bicyclic) bond motifs is 2. The van der Waals surface area contributed by atoms with Crippen molar-refractivity contribution < 1.29 is 4.74 Å². The minimum Gasteiger partial charge on any atom is -0.492 e. The molecule has 2 heterocycles. The normalized spacial score (nSPS) is 26.9. The van der Waals surface area contributed by atoms with E-state index in [0.717, 1.165) is 37.5 Å². The van der Waals surface area contributed by atoms with Gasteiger partial charge in [0.25, 0.3) is 0 Å². The van der Waals surface area contributed by atoms with Gasteiger partial charge in [0.05, 0.1) is 0 Å². The maximum absolute atomic E-state index is 5.99. The van der Waals surface area contributed by atoms with E-state index in [1.807, 2.05) is 0 Å². The number of para-hydroxylation sites is 1. The Morgan fingerprint density at radius 1 is 1.17 bits per heavy atom. The number of hydrogen-bond donors (Lipinski definition) is 1. The summed E-state index contributed by atoms with van der Waals surface area (Å²) in [6.45, 7) is 6.11. The van der Waals surface area contributed by atoms with E-state index >= 15 is 0 Å².